The van der Waals surface area contributed by atoms with Crippen LogP contribution < -0.4 is 5.32 Å². The molecule has 1 spiro atoms. The number of hydrogen-bond acceptors (Lipinski definition) is 3. The van der Waals surface area contributed by atoms with Crippen molar-refractivity contribution >= 4 is 5.78 Å². The molecule has 0 saturated carbocycles. The molecule has 0 aromatic heterocycles. The lowest BCUT2D eigenvalue weighted by Crippen LogP contribution is -2.50. The summed E-state index contributed by atoms with van der Waals surface area (Å²) in [7, 11) is 0. The monoisotopic (exact) mass is 167 g/mol. The Morgan fingerprint density at radius 2 is 2.17 bits per heavy atom. The third-order valence-corrected chi connectivity index (χ3v) is 2.59. The second-order valence-electron chi connectivity index (χ2n) is 3.32. The molecule has 2 heterocycles. The molecule has 3 nitrogen and oxygen atoms in total. The Labute approximate surface area is 71.8 Å². The Balaban J connectivity index is 2.17. The highest BCUT2D eigenvalue weighted by atomic mass is 16.5. The Bertz CT molecular complexity index is 217. The largest absolute Gasteiger partial charge is 0.363 e. The molecule has 0 aromatic rings. The van der Waals surface area contributed by atoms with Gasteiger partial charge in [-0.05, 0) is 32.0 Å². The van der Waals surface area contributed by atoms with Crippen molar-refractivity contribution in [1.82, 2.24) is 5.32 Å². The van der Waals surface area contributed by atoms with Gasteiger partial charge in [-0.1, -0.05) is 6.08 Å². The van der Waals surface area contributed by atoms with Crippen LogP contribution in [0.1, 0.15) is 12.8 Å². The highest BCUT2D eigenvalue weighted by Gasteiger charge is 2.40. The Morgan fingerprint density at radius 1 is 1.42 bits per heavy atom. The lowest BCUT2D eigenvalue weighted by Gasteiger charge is -2.36. The number of ketones is 1. The minimum atomic E-state index is -0.472. The Kier molecular flexibility index (Phi) is 1.98. The summed E-state index contributed by atoms with van der Waals surface area (Å²) in [5.74, 6) is 0.148. The van der Waals surface area contributed by atoms with Gasteiger partial charge in [0.1, 0.15) is 5.60 Å². The zero-order chi connectivity index (χ0) is 8.44. The van der Waals surface area contributed by atoms with Crippen molar-refractivity contribution in [3.63, 3.8) is 0 Å². The molecule has 1 fully saturated rings. The molecule has 0 aromatic carbocycles. The van der Waals surface area contributed by atoms with E-state index in [2.05, 4.69) is 5.32 Å². The quantitative estimate of drug-likeness (QED) is 0.562. The van der Waals surface area contributed by atoms with Crippen LogP contribution in [-0.2, 0) is 9.53 Å². The second kappa shape index (κ2) is 2.99. The standard InChI is InChI=1S/C9H13NO2/c11-8-2-1-7-12-9(8)3-5-10-6-4-9/h1-2,10H,3-7H2. The molecule has 0 atom stereocenters. The summed E-state index contributed by atoms with van der Waals surface area (Å²) in [6.07, 6.45) is 5.08. The normalized spacial score (nSPS) is 27.8. The van der Waals surface area contributed by atoms with E-state index in [1.165, 1.54) is 0 Å². The SMILES string of the molecule is O=C1C=CCOC12CCNCC2. The number of carbonyl (C=O) groups excluding carboxylic acids is 1. The predicted molar refractivity (Wildman–Crippen MR) is 44.9 cm³/mol. The third-order valence-electron chi connectivity index (χ3n) is 2.59. The van der Waals surface area contributed by atoms with Gasteiger partial charge in [-0.2, -0.15) is 0 Å². The number of hydrogen-bond donors (Lipinski definition) is 1. The molecule has 0 aliphatic carbocycles. The number of piperidine rings is 1. The number of carbonyl (C=O) groups is 1. The topological polar surface area (TPSA) is 38.3 Å². The van der Waals surface area contributed by atoms with Gasteiger partial charge in [-0.15, -0.1) is 0 Å². The lowest BCUT2D eigenvalue weighted by atomic mass is 9.86. The van der Waals surface area contributed by atoms with Crippen LogP contribution in [0, 0.1) is 0 Å². The fourth-order valence-corrected chi connectivity index (χ4v) is 1.81. The maximum atomic E-state index is 11.5. The van der Waals surface area contributed by atoms with Gasteiger partial charge < -0.3 is 10.1 Å². The average Bonchev–Trinajstić information content (AvgIpc) is 2.12. The van der Waals surface area contributed by atoms with Crippen LogP contribution >= 0.6 is 0 Å². The number of ether oxygens (including phenoxy) is 1. The van der Waals surface area contributed by atoms with Gasteiger partial charge in [-0.3, -0.25) is 4.79 Å². The maximum absolute atomic E-state index is 11.5. The molecule has 0 bridgehead atoms. The van der Waals surface area contributed by atoms with Crippen LogP contribution in [0.5, 0.6) is 0 Å². The van der Waals surface area contributed by atoms with Crippen LogP contribution in [0.3, 0.4) is 0 Å². The molecule has 2 aliphatic heterocycles. The first-order valence-electron chi connectivity index (χ1n) is 4.39. The third kappa shape index (κ3) is 1.19. The average molecular weight is 167 g/mol. The number of rotatable bonds is 0. The van der Waals surface area contributed by atoms with Crippen molar-refractivity contribution in [2.45, 2.75) is 18.4 Å². The van der Waals surface area contributed by atoms with Crippen LogP contribution in [0.2, 0.25) is 0 Å². The van der Waals surface area contributed by atoms with Crippen molar-refractivity contribution in [1.29, 1.82) is 0 Å². The van der Waals surface area contributed by atoms with Crippen molar-refractivity contribution in [3.8, 4) is 0 Å². The molecule has 1 saturated heterocycles. The van der Waals surface area contributed by atoms with Gasteiger partial charge >= 0.3 is 0 Å². The van der Waals surface area contributed by atoms with Crippen LogP contribution in [-0.4, -0.2) is 31.1 Å². The summed E-state index contributed by atoms with van der Waals surface area (Å²) in [6, 6.07) is 0. The summed E-state index contributed by atoms with van der Waals surface area (Å²) >= 11 is 0. The molecular weight excluding hydrogens is 154 g/mol. The number of nitrogens with one attached hydrogen (secondary N) is 1. The van der Waals surface area contributed by atoms with Crippen molar-refractivity contribution < 1.29 is 9.53 Å². The van der Waals surface area contributed by atoms with Crippen LogP contribution in [0.15, 0.2) is 12.2 Å². The molecule has 2 aliphatic rings. The first kappa shape index (κ1) is 7.95. The first-order valence-corrected chi connectivity index (χ1v) is 4.39. The smallest absolute Gasteiger partial charge is 0.187 e. The predicted octanol–water partition coefficient (Wildman–Crippen LogP) is 0.264. The molecule has 2 rings (SSSR count). The van der Waals surface area contributed by atoms with E-state index in [0.29, 0.717) is 6.61 Å². The van der Waals surface area contributed by atoms with Gasteiger partial charge in [0.2, 0.25) is 0 Å². The summed E-state index contributed by atoms with van der Waals surface area (Å²) in [4.78, 5) is 11.5. The Morgan fingerprint density at radius 3 is 2.83 bits per heavy atom. The second-order valence-corrected chi connectivity index (χ2v) is 3.32. The minimum Gasteiger partial charge on any atom is -0.363 e. The molecule has 66 valence electrons. The Hall–Kier alpha value is -0.670. The van der Waals surface area contributed by atoms with E-state index in [1.54, 1.807) is 12.2 Å². The lowest BCUT2D eigenvalue weighted by molar-refractivity contribution is -0.143. The first-order chi connectivity index (χ1) is 5.83. The van der Waals surface area contributed by atoms with E-state index in [-0.39, 0.29) is 5.78 Å². The van der Waals surface area contributed by atoms with E-state index in [4.69, 9.17) is 4.74 Å². The molecule has 0 unspecified atom stereocenters. The van der Waals surface area contributed by atoms with E-state index < -0.39 is 5.60 Å². The minimum absolute atomic E-state index is 0.148. The van der Waals surface area contributed by atoms with Gasteiger partial charge in [0.15, 0.2) is 5.78 Å². The van der Waals surface area contributed by atoms with E-state index in [9.17, 15) is 4.79 Å². The highest BCUT2D eigenvalue weighted by molar-refractivity contribution is 5.97. The molecule has 1 N–H and O–H groups in total. The van der Waals surface area contributed by atoms with Gasteiger partial charge in [-0.25, -0.2) is 0 Å². The van der Waals surface area contributed by atoms with Gasteiger partial charge in [0, 0.05) is 0 Å². The van der Waals surface area contributed by atoms with Crippen LogP contribution in [0.25, 0.3) is 0 Å². The fraction of sp³-hybridized carbons (Fsp3) is 0.667. The van der Waals surface area contributed by atoms with E-state index in [1.807, 2.05) is 0 Å². The zero-order valence-electron chi connectivity index (χ0n) is 7.01. The molecular formula is C9H13NO2. The summed E-state index contributed by atoms with van der Waals surface area (Å²) in [5, 5.41) is 3.22. The van der Waals surface area contributed by atoms with E-state index >= 15 is 0 Å². The molecule has 12 heavy (non-hydrogen) atoms. The highest BCUT2D eigenvalue weighted by Crippen LogP contribution is 2.26. The van der Waals surface area contributed by atoms with Gasteiger partial charge in [0.25, 0.3) is 0 Å². The van der Waals surface area contributed by atoms with E-state index in [0.717, 1.165) is 25.9 Å². The molecule has 0 radical (unpaired) electrons. The molecule has 3 heteroatoms. The summed E-state index contributed by atoms with van der Waals surface area (Å²) in [5.41, 5.74) is -0.472. The fourth-order valence-electron chi connectivity index (χ4n) is 1.81. The van der Waals surface area contributed by atoms with Crippen molar-refractivity contribution in [3.05, 3.63) is 12.2 Å². The summed E-state index contributed by atoms with van der Waals surface area (Å²) in [6.45, 7) is 2.37. The maximum Gasteiger partial charge on any atom is 0.187 e. The van der Waals surface area contributed by atoms with Crippen molar-refractivity contribution in [2.75, 3.05) is 19.7 Å². The zero-order valence-corrected chi connectivity index (χ0v) is 7.01. The summed E-state index contributed by atoms with van der Waals surface area (Å²) < 4.78 is 5.54. The van der Waals surface area contributed by atoms with Crippen LogP contribution in [0.4, 0.5) is 0 Å². The molecule has 0 amide bonds. The van der Waals surface area contributed by atoms with Gasteiger partial charge in [0.05, 0.1) is 6.61 Å². The van der Waals surface area contributed by atoms with Crippen molar-refractivity contribution in [2.24, 2.45) is 0 Å².